The highest BCUT2D eigenvalue weighted by Crippen LogP contribution is 2.26. The minimum absolute atomic E-state index is 0.163. The van der Waals surface area contributed by atoms with Gasteiger partial charge in [0.05, 0.1) is 0 Å². The molecule has 0 saturated heterocycles. The summed E-state index contributed by atoms with van der Waals surface area (Å²) in [4.78, 5) is 17.4. The Morgan fingerprint density at radius 3 is 2.48 bits per heavy atom. The van der Waals surface area contributed by atoms with Crippen LogP contribution in [0, 0.1) is 0 Å². The number of nitrogens with zero attached hydrogens (tertiary/aromatic N) is 1. The summed E-state index contributed by atoms with van der Waals surface area (Å²) in [6.07, 6.45) is 0.341. The third-order valence-corrected chi connectivity index (χ3v) is 3.40. The lowest BCUT2D eigenvalue weighted by molar-refractivity contribution is -0.115. The molecule has 106 valence electrons. The molecule has 2 aromatic rings. The molecule has 0 aliphatic carbocycles. The standard InChI is InChI=1S/C17H16N2O2/c20-17(18-12-13-7-3-1-4-8-13)15-11-16(21-19-15)14-9-5-2-6-10-14/h1-10,16H,11-12H2,(H,18,20). The number of rotatable bonds is 4. The number of amides is 1. The molecule has 4 heteroatoms. The Labute approximate surface area is 123 Å². The van der Waals surface area contributed by atoms with E-state index in [1.807, 2.05) is 60.7 Å². The monoisotopic (exact) mass is 280 g/mol. The van der Waals surface area contributed by atoms with E-state index in [1.165, 1.54) is 0 Å². The summed E-state index contributed by atoms with van der Waals surface area (Å²) in [5.41, 5.74) is 2.54. The van der Waals surface area contributed by atoms with Crippen molar-refractivity contribution in [1.29, 1.82) is 0 Å². The third-order valence-electron chi connectivity index (χ3n) is 3.40. The number of carbonyl (C=O) groups excluding carboxylic acids is 1. The van der Waals surface area contributed by atoms with Crippen molar-refractivity contribution in [3.05, 3.63) is 71.8 Å². The molecular formula is C17H16N2O2. The number of oxime groups is 1. The predicted octanol–water partition coefficient (Wildman–Crippen LogP) is 2.82. The Bertz CT molecular complexity index is 638. The van der Waals surface area contributed by atoms with Crippen LogP contribution < -0.4 is 5.32 Å². The van der Waals surface area contributed by atoms with Gasteiger partial charge >= 0.3 is 0 Å². The van der Waals surface area contributed by atoms with Crippen LogP contribution >= 0.6 is 0 Å². The summed E-state index contributed by atoms with van der Waals surface area (Å²) in [7, 11) is 0. The lowest BCUT2D eigenvalue weighted by atomic mass is 10.0. The van der Waals surface area contributed by atoms with Crippen molar-refractivity contribution < 1.29 is 9.63 Å². The molecule has 1 heterocycles. The third kappa shape index (κ3) is 3.28. The van der Waals surface area contributed by atoms with Gasteiger partial charge in [-0.1, -0.05) is 65.8 Å². The first-order valence-corrected chi connectivity index (χ1v) is 6.92. The van der Waals surface area contributed by atoms with E-state index in [-0.39, 0.29) is 12.0 Å². The van der Waals surface area contributed by atoms with Gasteiger partial charge in [0, 0.05) is 13.0 Å². The molecule has 1 atom stereocenters. The maximum atomic E-state index is 12.1. The molecule has 0 spiro atoms. The second-order valence-electron chi connectivity index (χ2n) is 4.92. The zero-order chi connectivity index (χ0) is 14.5. The van der Waals surface area contributed by atoms with Gasteiger partial charge in [-0.25, -0.2) is 0 Å². The van der Waals surface area contributed by atoms with Gasteiger partial charge < -0.3 is 10.2 Å². The Balaban J connectivity index is 1.55. The van der Waals surface area contributed by atoms with E-state index < -0.39 is 0 Å². The van der Waals surface area contributed by atoms with E-state index in [0.717, 1.165) is 11.1 Å². The smallest absolute Gasteiger partial charge is 0.269 e. The number of benzene rings is 2. The van der Waals surface area contributed by atoms with Crippen molar-refractivity contribution >= 4 is 11.6 Å². The van der Waals surface area contributed by atoms with Gasteiger partial charge in [-0.15, -0.1) is 0 Å². The van der Waals surface area contributed by atoms with Crippen molar-refractivity contribution in [2.75, 3.05) is 0 Å². The molecule has 0 saturated carbocycles. The fourth-order valence-electron chi connectivity index (χ4n) is 2.24. The van der Waals surface area contributed by atoms with Crippen molar-refractivity contribution in [3.8, 4) is 0 Å². The van der Waals surface area contributed by atoms with Gasteiger partial charge in [0.15, 0.2) is 6.10 Å². The minimum Gasteiger partial charge on any atom is -0.387 e. The maximum absolute atomic E-state index is 12.1. The first kappa shape index (κ1) is 13.4. The molecule has 1 aliphatic rings. The zero-order valence-electron chi connectivity index (χ0n) is 11.5. The van der Waals surface area contributed by atoms with Gasteiger partial charge in [-0.2, -0.15) is 0 Å². The Morgan fingerprint density at radius 2 is 1.76 bits per heavy atom. The first-order chi connectivity index (χ1) is 10.3. The molecule has 3 rings (SSSR count). The molecular weight excluding hydrogens is 264 g/mol. The average molecular weight is 280 g/mol. The summed E-state index contributed by atoms with van der Waals surface area (Å²) in [5, 5.41) is 6.77. The highest BCUT2D eigenvalue weighted by atomic mass is 16.6. The van der Waals surface area contributed by atoms with Crippen LogP contribution in [0.15, 0.2) is 65.8 Å². The highest BCUT2D eigenvalue weighted by Gasteiger charge is 2.26. The van der Waals surface area contributed by atoms with Crippen LogP contribution in [0.4, 0.5) is 0 Å². The molecule has 1 N–H and O–H groups in total. The topological polar surface area (TPSA) is 50.7 Å². The molecule has 2 aromatic carbocycles. The second-order valence-corrected chi connectivity index (χ2v) is 4.92. The normalized spacial score (nSPS) is 17.0. The van der Waals surface area contributed by atoms with Gasteiger partial charge in [0.1, 0.15) is 5.71 Å². The Kier molecular flexibility index (Phi) is 3.96. The summed E-state index contributed by atoms with van der Waals surface area (Å²) in [5.74, 6) is -0.169. The van der Waals surface area contributed by atoms with Gasteiger partial charge in [0.25, 0.3) is 5.91 Å². The van der Waals surface area contributed by atoms with E-state index in [2.05, 4.69) is 10.5 Å². The van der Waals surface area contributed by atoms with Crippen molar-refractivity contribution in [2.45, 2.75) is 19.1 Å². The van der Waals surface area contributed by atoms with Crippen molar-refractivity contribution in [3.63, 3.8) is 0 Å². The zero-order valence-corrected chi connectivity index (χ0v) is 11.5. The van der Waals surface area contributed by atoms with Gasteiger partial charge in [-0.3, -0.25) is 4.79 Å². The molecule has 0 radical (unpaired) electrons. The molecule has 1 aliphatic heterocycles. The molecule has 0 fully saturated rings. The molecule has 1 unspecified atom stereocenters. The molecule has 21 heavy (non-hydrogen) atoms. The number of hydrogen-bond donors (Lipinski definition) is 1. The fourth-order valence-corrected chi connectivity index (χ4v) is 2.24. The molecule has 0 aromatic heterocycles. The van der Waals surface area contributed by atoms with E-state index in [9.17, 15) is 4.79 Å². The lowest BCUT2D eigenvalue weighted by Crippen LogP contribution is -2.29. The molecule has 0 bridgehead atoms. The predicted molar refractivity (Wildman–Crippen MR) is 80.6 cm³/mol. The van der Waals surface area contributed by atoms with E-state index in [0.29, 0.717) is 18.7 Å². The summed E-state index contributed by atoms with van der Waals surface area (Å²) in [6.45, 7) is 0.495. The average Bonchev–Trinajstić information content (AvgIpc) is 3.04. The molecule has 1 amide bonds. The van der Waals surface area contributed by atoms with Crippen LogP contribution in [-0.4, -0.2) is 11.6 Å². The highest BCUT2D eigenvalue weighted by molar-refractivity contribution is 6.39. The van der Waals surface area contributed by atoms with E-state index in [1.54, 1.807) is 0 Å². The largest absolute Gasteiger partial charge is 0.387 e. The first-order valence-electron chi connectivity index (χ1n) is 6.92. The number of hydrogen-bond acceptors (Lipinski definition) is 3. The quantitative estimate of drug-likeness (QED) is 0.936. The lowest BCUT2D eigenvalue weighted by Gasteiger charge is -2.07. The molecule has 4 nitrogen and oxygen atoms in total. The van der Waals surface area contributed by atoms with Crippen LogP contribution in [0.3, 0.4) is 0 Å². The van der Waals surface area contributed by atoms with Gasteiger partial charge in [0.2, 0.25) is 0 Å². The van der Waals surface area contributed by atoms with Gasteiger partial charge in [-0.05, 0) is 11.1 Å². The van der Waals surface area contributed by atoms with E-state index >= 15 is 0 Å². The number of carbonyl (C=O) groups is 1. The van der Waals surface area contributed by atoms with Crippen LogP contribution in [-0.2, 0) is 16.2 Å². The fraction of sp³-hybridized carbons (Fsp3) is 0.176. The second kappa shape index (κ2) is 6.22. The van der Waals surface area contributed by atoms with Crippen LogP contribution in [0.1, 0.15) is 23.7 Å². The summed E-state index contributed by atoms with van der Waals surface area (Å²) in [6, 6.07) is 19.6. The SMILES string of the molecule is O=C(NCc1ccccc1)C1=NOC(c2ccccc2)C1. The maximum Gasteiger partial charge on any atom is 0.269 e. The van der Waals surface area contributed by atoms with Crippen LogP contribution in [0.5, 0.6) is 0 Å². The summed E-state index contributed by atoms with van der Waals surface area (Å²) < 4.78 is 0. The van der Waals surface area contributed by atoms with Crippen molar-refractivity contribution in [2.24, 2.45) is 5.16 Å². The minimum atomic E-state index is -0.169. The Morgan fingerprint density at radius 1 is 1.10 bits per heavy atom. The number of nitrogens with one attached hydrogen (secondary N) is 1. The van der Waals surface area contributed by atoms with E-state index in [4.69, 9.17) is 4.84 Å². The van der Waals surface area contributed by atoms with Crippen LogP contribution in [0.2, 0.25) is 0 Å². The van der Waals surface area contributed by atoms with Crippen molar-refractivity contribution in [1.82, 2.24) is 5.32 Å². The summed E-state index contributed by atoms with van der Waals surface area (Å²) >= 11 is 0. The van der Waals surface area contributed by atoms with Crippen LogP contribution in [0.25, 0.3) is 0 Å². The Hall–Kier alpha value is -2.62.